The molecule has 348 valence electrons. The highest BCUT2D eigenvalue weighted by molar-refractivity contribution is 6.48. The first kappa shape index (κ1) is 54.6. The lowest BCUT2D eigenvalue weighted by atomic mass is 9.77. The molecule has 6 heteroatoms. The van der Waals surface area contributed by atoms with Gasteiger partial charge in [-0.1, -0.05) is 156 Å². The van der Waals surface area contributed by atoms with Crippen molar-refractivity contribution in [1.82, 2.24) is 0 Å². The van der Waals surface area contributed by atoms with Gasteiger partial charge in [0.25, 0.3) is 0 Å². The SMILES string of the molecule is CC1=C(C(=O)/C=C(\C)CCCC(C)CCCC(C)CCCC(C)C)C(=O)C(c2c(O)c(C)c(C)c(O)c2C(=O)/C=C(\C)CCCC(C)CCCC(C)CCCC(C)C)=C(C)C1=O. The van der Waals surface area contributed by atoms with E-state index in [0.717, 1.165) is 60.5 Å². The van der Waals surface area contributed by atoms with E-state index in [4.69, 9.17) is 0 Å². The van der Waals surface area contributed by atoms with Gasteiger partial charge in [0.15, 0.2) is 23.1 Å². The van der Waals surface area contributed by atoms with Gasteiger partial charge in [0.2, 0.25) is 0 Å². The molecule has 0 spiro atoms. The number of Topliss-reactive ketones (excluding diaryl/α,β-unsaturated/α-hetero) is 2. The molecule has 0 aliphatic heterocycles. The maximum absolute atomic E-state index is 14.5. The summed E-state index contributed by atoms with van der Waals surface area (Å²) in [4.78, 5) is 56.2. The Morgan fingerprint density at radius 2 is 0.839 bits per heavy atom. The summed E-state index contributed by atoms with van der Waals surface area (Å²) >= 11 is 0. The van der Waals surface area contributed by atoms with Crippen LogP contribution < -0.4 is 0 Å². The number of hydrogen-bond acceptors (Lipinski definition) is 6. The molecule has 1 aromatic carbocycles. The van der Waals surface area contributed by atoms with Crippen molar-refractivity contribution >= 4 is 28.7 Å². The molecule has 0 aromatic heterocycles. The molecule has 0 bridgehead atoms. The van der Waals surface area contributed by atoms with Crippen LogP contribution in [0.4, 0.5) is 0 Å². The molecule has 1 aromatic rings. The van der Waals surface area contributed by atoms with E-state index in [-0.39, 0.29) is 50.5 Å². The number of benzene rings is 1. The van der Waals surface area contributed by atoms with Gasteiger partial charge in [-0.25, -0.2) is 0 Å². The predicted molar refractivity (Wildman–Crippen MR) is 261 cm³/mol. The molecule has 1 aliphatic carbocycles. The van der Waals surface area contributed by atoms with Crippen LogP contribution in [0.5, 0.6) is 11.5 Å². The smallest absolute Gasteiger partial charge is 0.198 e. The van der Waals surface area contributed by atoms with Crippen LogP contribution in [0.15, 0.2) is 40.0 Å². The van der Waals surface area contributed by atoms with Gasteiger partial charge in [0, 0.05) is 22.3 Å². The molecule has 2 N–H and O–H groups in total. The van der Waals surface area contributed by atoms with E-state index in [1.54, 1.807) is 13.8 Å². The molecule has 0 radical (unpaired) electrons. The van der Waals surface area contributed by atoms with E-state index in [9.17, 15) is 29.4 Å². The molecule has 6 nitrogen and oxygen atoms in total. The Hall–Kier alpha value is -3.54. The second-order valence-electron chi connectivity index (χ2n) is 20.8. The van der Waals surface area contributed by atoms with Crippen molar-refractivity contribution in [2.75, 3.05) is 0 Å². The van der Waals surface area contributed by atoms with Crippen molar-refractivity contribution in [3.63, 3.8) is 0 Å². The summed E-state index contributed by atoms with van der Waals surface area (Å²) in [5.74, 6) is 1.13. The molecule has 2 rings (SSSR count). The first-order chi connectivity index (χ1) is 29.1. The van der Waals surface area contributed by atoms with Gasteiger partial charge >= 0.3 is 0 Å². The second kappa shape index (κ2) is 26.9. The van der Waals surface area contributed by atoms with Crippen LogP contribution in [-0.4, -0.2) is 33.3 Å². The van der Waals surface area contributed by atoms with Gasteiger partial charge in [0.05, 0.1) is 11.1 Å². The Labute approximate surface area is 378 Å². The summed E-state index contributed by atoms with van der Waals surface area (Å²) in [5.41, 5.74) is 1.40. The average molecular weight is 857 g/mol. The van der Waals surface area contributed by atoms with Crippen molar-refractivity contribution in [2.45, 2.75) is 213 Å². The van der Waals surface area contributed by atoms with E-state index in [0.29, 0.717) is 30.2 Å². The van der Waals surface area contributed by atoms with Crippen molar-refractivity contribution in [3.05, 3.63) is 62.3 Å². The third-order valence-corrected chi connectivity index (χ3v) is 13.7. The highest BCUT2D eigenvalue weighted by Gasteiger charge is 2.38. The van der Waals surface area contributed by atoms with Gasteiger partial charge in [-0.2, -0.15) is 0 Å². The fraction of sp³-hybridized carbons (Fsp3) is 0.679. The van der Waals surface area contributed by atoms with Crippen LogP contribution in [-0.2, 0) is 14.4 Å². The standard InChI is InChI=1S/C56H88O6/c1-35(2)21-15-23-37(5)25-17-27-39(7)29-19-31-41(9)33-47(57)49-45(13)53(59)46(14)50(56(49)62)52-51(54(60)43(11)44(12)55(52)61)48(58)34-42(10)32-20-30-40(8)28-18-26-38(6)24-16-22-36(3)4/h33-40,60-61H,15-32H2,1-14H3/b41-33+,42-34+. The van der Waals surface area contributed by atoms with Crippen LogP contribution in [0.2, 0.25) is 0 Å². The van der Waals surface area contributed by atoms with Crippen LogP contribution in [0.1, 0.15) is 226 Å². The summed E-state index contributed by atoms with van der Waals surface area (Å²) in [7, 11) is 0. The third-order valence-electron chi connectivity index (χ3n) is 13.7. The number of phenolic OH excluding ortho intramolecular Hbond substituents is 2. The molecule has 0 fully saturated rings. The first-order valence-electron chi connectivity index (χ1n) is 24.6. The summed E-state index contributed by atoms with van der Waals surface area (Å²) in [6.45, 7) is 28.4. The molecule has 0 saturated carbocycles. The number of aromatic hydroxyl groups is 2. The summed E-state index contributed by atoms with van der Waals surface area (Å²) in [6, 6.07) is 0. The van der Waals surface area contributed by atoms with Gasteiger partial charge in [-0.15, -0.1) is 0 Å². The lowest BCUT2D eigenvalue weighted by molar-refractivity contribution is -0.119. The number of phenols is 2. The molecule has 4 atom stereocenters. The number of rotatable bonds is 29. The second-order valence-corrected chi connectivity index (χ2v) is 20.8. The lowest BCUT2D eigenvalue weighted by Crippen LogP contribution is -2.26. The van der Waals surface area contributed by atoms with E-state index in [1.807, 2.05) is 13.8 Å². The molecule has 4 unspecified atom stereocenters. The number of allylic oxidation sites excluding steroid dienone is 8. The summed E-state index contributed by atoms with van der Waals surface area (Å²) in [6.07, 6.45) is 23.4. The zero-order valence-electron chi connectivity index (χ0n) is 41.9. The van der Waals surface area contributed by atoms with Crippen molar-refractivity contribution in [2.24, 2.45) is 35.5 Å². The zero-order valence-corrected chi connectivity index (χ0v) is 41.9. The number of carbonyl (C=O) groups is 4. The Kier molecular flexibility index (Phi) is 23.7. The van der Waals surface area contributed by atoms with Crippen molar-refractivity contribution < 1.29 is 29.4 Å². The van der Waals surface area contributed by atoms with Crippen LogP contribution >= 0.6 is 0 Å². The molecule has 62 heavy (non-hydrogen) atoms. The Bertz CT molecular complexity index is 1810. The highest BCUT2D eigenvalue weighted by atomic mass is 16.3. The fourth-order valence-corrected chi connectivity index (χ4v) is 9.17. The number of hydrogen-bond donors (Lipinski definition) is 2. The summed E-state index contributed by atoms with van der Waals surface area (Å²) in [5, 5.41) is 23.1. The maximum atomic E-state index is 14.5. The first-order valence-corrected chi connectivity index (χ1v) is 24.6. The van der Waals surface area contributed by atoms with Crippen LogP contribution in [0.25, 0.3) is 5.57 Å². The molecular weight excluding hydrogens is 769 g/mol. The molecule has 0 amide bonds. The lowest BCUT2D eigenvalue weighted by Gasteiger charge is -2.24. The normalized spacial score (nSPS) is 16.2. The van der Waals surface area contributed by atoms with E-state index in [2.05, 4.69) is 55.4 Å². The Morgan fingerprint density at radius 3 is 1.24 bits per heavy atom. The zero-order chi connectivity index (χ0) is 46.8. The van der Waals surface area contributed by atoms with E-state index >= 15 is 0 Å². The monoisotopic (exact) mass is 857 g/mol. The minimum Gasteiger partial charge on any atom is -0.507 e. The maximum Gasteiger partial charge on any atom is 0.198 e. The Balaban J connectivity index is 2.18. The average Bonchev–Trinajstić information content (AvgIpc) is 3.17. The summed E-state index contributed by atoms with van der Waals surface area (Å²) < 4.78 is 0. The van der Waals surface area contributed by atoms with Crippen LogP contribution in [0, 0.1) is 49.4 Å². The Morgan fingerprint density at radius 1 is 0.484 bits per heavy atom. The van der Waals surface area contributed by atoms with Crippen molar-refractivity contribution in [3.8, 4) is 11.5 Å². The number of carbonyl (C=O) groups excluding carboxylic acids is 4. The minimum absolute atomic E-state index is 0.0235. The topological polar surface area (TPSA) is 109 Å². The fourth-order valence-electron chi connectivity index (χ4n) is 9.17. The van der Waals surface area contributed by atoms with Gasteiger partial charge in [0.1, 0.15) is 11.5 Å². The van der Waals surface area contributed by atoms with Gasteiger partial charge in [-0.05, 0) is 126 Å². The molecule has 0 heterocycles. The quantitative estimate of drug-likeness (QED) is 0.0273. The molecule has 1 aliphatic rings. The van der Waals surface area contributed by atoms with Gasteiger partial charge in [-0.3, -0.25) is 19.2 Å². The largest absolute Gasteiger partial charge is 0.507 e. The highest BCUT2D eigenvalue weighted by Crippen LogP contribution is 2.45. The van der Waals surface area contributed by atoms with E-state index in [1.165, 1.54) is 103 Å². The molecular formula is C56H88O6. The third kappa shape index (κ3) is 17.2. The van der Waals surface area contributed by atoms with E-state index < -0.39 is 23.1 Å². The number of ketones is 4. The van der Waals surface area contributed by atoms with Crippen LogP contribution in [0.3, 0.4) is 0 Å². The van der Waals surface area contributed by atoms with Gasteiger partial charge < -0.3 is 10.2 Å². The predicted octanol–water partition coefficient (Wildman–Crippen LogP) is 15.5. The molecule has 0 saturated heterocycles. The minimum atomic E-state index is -0.729. The van der Waals surface area contributed by atoms with Crippen molar-refractivity contribution in [1.29, 1.82) is 0 Å².